The summed E-state index contributed by atoms with van der Waals surface area (Å²) in [6, 6.07) is 6.38. The second-order valence-corrected chi connectivity index (χ2v) is 8.78. The van der Waals surface area contributed by atoms with Crippen molar-refractivity contribution in [2.24, 2.45) is 0 Å². The zero-order valence-electron chi connectivity index (χ0n) is 15.5. The van der Waals surface area contributed by atoms with Gasteiger partial charge < -0.3 is 10.2 Å². The SMILES string of the molecule is CCCN(C(=O)c1ccc(S(=O)(=O)N(C)C(C)C)cc1)C1CCNC1. The predicted octanol–water partition coefficient (Wildman–Crippen LogP) is 1.93. The lowest BCUT2D eigenvalue weighted by Crippen LogP contribution is -2.42. The van der Waals surface area contributed by atoms with E-state index in [0.717, 1.165) is 25.9 Å². The Morgan fingerprint density at radius 2 is 1.92 bits per heavy atom. The van der Waals surface area contributed by atoms with Gasteiger partial charge in [-0.25, -0.2) is 8.42 Å². The summed E-state index contributed by atoms with van der Waals surface area (Å²) >= 11 is 0. The molecule has 1 aromatic carbocycles. The first-order chi connectivity index (χ1) is 11.8. The number of carbonyl (C=O) groups excluding carboxylic acids is 1. The van der Waals surface area contributed by atoms with E-state index in [1.54, 1.807) is 19.2 Å². The van der Waals surface area contributed by atoms with Crippen LogP contribution in [0.15, 0.2) is 29.2 Å². The van der Waals surface area contributed by atoms with Crippen LogP contribution in [0, 0.1) is 0 Å². The molecule has 1 aliphatic heterocycles. The number of nitrogens with one attached hydrogen (secondary N) is 1. The van der Waals surface area contributed by atoms with Crippen molar-refractivity contribution in [1.82, 2.24) is 14.5 Å². The van der Waals surface area contributed by atoms with Crippen LogP contribution in [-0.4, -0.2) is 62.3 Å². The molecule has 1 aliphatic rings. The van der Waals surface area contributed by atoms with Crippen molar-refractivity contribution >= 4 is 15.9 Å². The number of hydrogen-bond donors (Lipinski definition) is 1. The molecule has 0 aliphatic carbocycles. The van der Waals surface area contributed by atoms with Crippen molar-refractivity contribution in [3.63, 3.8) is 0 Å². The van der Waals surface area contributed by atoms with E-state index in [2.05, 4.69) is 12.2 Å². The lowest BCUT2D eigenvalue weighted by atomic mass is 10.1. The zero-order chi connectivity index (χ0) is 18.6. The fourth-order valence-electron chi connectivity index (χ4n) is 2.98. The molecular weight excluding hydrogens is 338 g/mol. The average Bonchev–Trinajstić information content (AvgIpc) is 3.12. The molecule has 1 heterocycles. The fourth-order valence-corrected chi connectivity index (χ4v) is 4.34. The molecule has 1 unspecified atom stereocenters. The maximum atomic E-state index is 12.9. The monoisotopic (exact) mass is 367 g/mol. The minimum Gasteiger partial charge on any atom is -0.334 e. The van der Waals surface area contributed by atoms with Gasteiger partial charge in [0.25, 0.3) is 5.91 Å². The van der Waals surface area contributed by atoms with Crippen LogP contribution >= 0.6 is 0 Å². The van der Waals surface area contributed by atoms with Crippen LogP contribution in [0.4, 0.5) is 0 Å². The van der Waals surface area contributed by atoms with Gasteiger partial charge in [0.15, 0.2) is 0 Å². The van der Waals surface area contributed by atoms with E-state index in [1.165, 1.54) is 16.4 Å². The summed E-state index contributed by atoms with van der Waals surface area (Å²) < 4.78 is 26.4. The molecule has 1 N–H and O–H groups in total. The Morgan fingerprint density at radius 1 is 1.28 bits per heavy atom. The molecule has 0 radical (unpaired) electrons. The number of carbonyl (C=O) groups is 1. The minimum absolute atomic E-state index is 0.0308. The largest absolute Gasteiger partial charge is 0.334 e. The Balaban J connectivity index is 2.21. The lowest BCUT2D eigenvalue weighted by Gasteiger charge is -2.28. The smallest absolute Gasteiger partial charge is 0.254 e. The van der Waals surface area contributed by atoms with Gasteiger partial charge in [-0.3, -0.25) is 4.79 Å². The third kappa shape index (κ3) is 4.40. The average molecular weight is 368 g/mol. The van der Waals surface area contributed by atoms with Gasteiger partial charge in [-0.05, 0) is 57.5 Å². The highest BCUT2D eigenvalue weighted by Crippen LogP contribution is 2.19. The molecule has 6 nitrogen and oxygen atoms in total. The molecule has 1 fully saturated rings. The van der Waals surface area contributed by atoms with E-state index < -0.39 is 10.0 Å². The standard InChI is InChI=1S/C18H29N3O3S/c1-5-12-21(16-10-11-19-13-16)18(22)15-6-8-17(9-7-15)25(23,24)20(4)14(2)3/h6-9,14,16,19H,5,10-13H2,1-4H3. The number of rotatable bonds is 7. The van der Waals surface area contributed by atoms with Gasteiger partial charge in [-0.2, -0.15) is 4.31 Å². The van der Waals surface area contributed by atoms with E-state index >= 15 is 0 Å². The van der Waals surface area contributed by atoms with Crippen molar-refractivity contribution in [2.75, 3.05) is 26.7 Å². The molecule has 1 amide bonds. The molecule has 140 valence electrons. The molecule has 7 heteroatoms. The van der Waals surface area contributed by atoms with Gasteiger partial charge in [-0.15, -0.1) is 0 Å². The van der Waals surface area contributed by atoms with Crippen LogP contribution in [0.3, 0.4) is 0 Å². The summed E-state index contributed by atoms with van der Waals surface area (Å²) in [5.41, 5.74) is 0.534. The van der Waals surface area contributed by atoms with Gasteiger partial charge in [0.2, 0.25) is 10.0 Å². The second kappa shape index (κ2) is 8.29. The summed E-state index contributed by atoms with van der Waals surface area (Å²) in [4.78, 5) is 15.0. The van der Waals surface area contributed by atoms with Gasteiger partial charge in [-0.1, -0.05) is 6.92 Å². The van der Waals surface area contributed by atoms with E-state index in [-0.39, 0.29) is 22.9 Å². The van der Waals surface area contributed by atoms with Crippen LogP contribution in [-0.2, 0) is 10.0 Å². The maximum Gasteiger partial charge on any atom is 0.254 e. The van der Waals surface area contributed by atoms with Crippen molar-refractivity contribution in [2.45, 2.75) is 50.6 Å². The Morgan fingerprint density at radius 3 is 2.40 bits per heavy atom. The Kier molecular flexibility index (Phi) is 6.59. The molecule has 0 saturated carbocycles. The Bertz CT molecular complexity index is 680. The number of benzene rings is 1. The van der Waals surface area contributed by atoms with Crippen LogP contribution < -0.4 is 5.32 Å². The molecular formula is C18H29N3O3S. The van der Waals surface area contributed by atoms with Gasteiger partial charge in [0.1, 0.15) is 0 Å². The highest BCUT2D eigenvalue weighted by molar-refractivity contribution is 7.89. The molecule has 25 heavy (non-hydrogen) atoms. The molecule has 0 bridgehead atoms. The topological polar surface area (TPSA) is 69.7 Å². The quantitative estimate of drug-likeness (QED) is 0.799. The number of nitrogens with zero attached hydrogens (tertiary/aromatic N) is 2. The minimum atomic E-state index is -3.53. The summed E-state index contributed by atoms with van der Waals surface area (Å²) in [7, 11) is -1.96. The van der Waals surface area contributed by atoms with E-state index in [9.17, 15) is 13.2 Å². The molecule has 0 aromatic heterocycles. The first-order valence-electron chi connectivity index (χ1n) is 8.88. The van der Waals surface area contributed by atoms with E-state index in [1.807, 2.05) is 18.7 Å². The highest BCUT2D eigenvalue weighted by atomic mass is 32.2. The Hall–Kier alpha value is -1.44. The van der Waals surface area contributed by atoms with E-state index in [4.69, 9.17) is 0 Å². The normalized spacial score (nSPS) is 18.1. The zero-order valence-corrected chi connectivity index (χ0v) is 16.3. The van der Waals surface area contributed by atoms with Gasteiger partial charge in [0, 0.05) is 37.8 Å². The highest BCUT2D eigenvalue weighted by Gasteiger charge is 2.27. The predicted molar refractivity (Wildman–Crippen MR) is 99.1 cm³/mol. The molecule has 1 atom stereocenters. The second-order valence-electron chi connectivity index (χ2n) is 6.78. The van der Waals surface area contributed by atoms with Crippen molar-refractivity contribution < 1.29 is 13.2 Å². The van der Waals surface area contributed by atoms with Crippen molar-refractivity contribution in [3.05, 3.63) is 29.8 Å². The summed E-state index contributed by atoms with van der Waals surface area (Å²) in [6.07, 6.45) is 1.85. The molecule has 1 saturated heterocycles. The van der Waals surface area contributed by atoms with E-state index in [0.29, 0.717) is 12.1 Å². The lowest BCUT2D eigenvalue weighted by molar-refractivity contribution is 0.0692. The maximum absolute atomic E-state index is 12.9. The third-order valence-electron chi connectivity index (χ3n) is 4.71. The Labute approximate surface area is 151 Å². The van der Waals surface area contributed by atoms with Crippen LogP contribution in [0.25, 0.3) is 0 Å². The summed E-state index contributed by atoms with van der Waals surface area (Å²) in [5, 5.41) is 3.29. The van der Waals surface area contributed by atoms with Crippen LogP contribution in [0.1, 0.15) is 44.0 Å². The number of hydrogen-bond acceptors (Lipinski definition) is 4. The third-order valence-corrected chi connectivity index (χ3v) is 6.75. The summed E-state index contributed by atoms with van der Waals surface area (Å²) in [6.45, 7) is 8.16. The van der Waals surface area contributed by atoms with Gasteiger partial charge >= 0.3 is 0 Å². The van der Waals surface area contributed by atoms with Crippen molar-refractivity contribution in [3.8, 4) is 0 Å². The number of amides is 1. The first-order valence-corrected chi connectivity index (χ1v) is 10.3. The molecule has 0 spiro atoms. The van der Waals surface area contributed by atoms with Crippen molar-refractivity contribution in [1.29, 1.82) is 0 Å². The van der Waals surface area contributed by atoms with Crippen LogP contribution in [0.2, 0.25) is 0 Å². The fraction of sp³-hybridized carbons (Fsp3) is 0.611. The first kappa shape index (κ1) is 19.9. The van der Waals surface area contributed by atoms with Crippen LogP contribution in [0.5, 0.6) is 0 Å². The number of sulfonamides is 1. The molecule has 1 aromatic rings. The summed E-state index contributed by atoms with van der Waals surface area (Å²) in [5.74, 6) is -0.0308. The van der Waals surface area contributed by atoms with Gasteiger partial charge in [0.05, 0.1) is 4.90 Å². The molecule has 2 rings (SSSR count).